The minimum Gasteiger partial charge on any atom is -0.369 e. The molecule has 1 aliphatic heterocycles. The van der Waals surface area contributed by atoms with E-state index in [4.69, 9.17) is 11.6 Å². The molecule has 1 aliphatic rings. The first-order valence-corrected chi connectivity index (χ1v) is 7.87. The van der Waals surface area contributed by atoms with E-state index in [0.29, 0.717) is 5.92 Å². The van der Waals surface area contributed by atoms with E-state index < -0.39 is 11.7 Å². The Kier molecular flexibility index (Phi) is 4.04. The fourth-order valence-electron chi connectivity index (χ4n) is 2.82. The molecule has 0 unspecified atom stereocenters. The minimum absolute atomic E-state index is 0.244. The highest BCUT2D eigenvalue weighted by molar-refractivity contribution is 6.32. The van der Waals surface area contributed by atoms with Gasteiger partial charge in [0.25, 0.3) is 0 Å². The molecule has 0 radical (unpaired) electrons. The lowest BCUT2D eigenvalue weighted by Crippen LogP contribution is -2.09. The van der Waals surface area contributed by atoms with Crippen LogP contribution in [0.2, 0.25) is 5.02 Å². The molecule has 23 heavy (non-hydrogen) atoms. The van der Waals surface area contributed by atoms with Crippen molar-refractivity contribution in [2.75, 3.05) is 11.9 Å². The van der Waals surface area contributed by atoms with Gasteiger partial charge in [-0.3, -0.25) is 0 Å². The monoisotopic (exact) mass is 343 g/mol. The number of nitrogens with one attached hydrogen (secondary N) is 1. The molecule has 0 fully saturated rings. The molecule has 0 saturated carbocycles. The van der Waals surface area contributed by atoms with Gasteiger partial charge in [0.15, 0.2) is 0 Å². The van der Waals surface area contributed by atoms with Crippen molar-refractivity contribution in [1.82, 2.24) is 9.78 Å². The second-order valence-corrected chi connectivity index (χ2v) is 6.53. The van der Waals surface area contributed by atoms with Crippen LogP contribution in [0, 0.1) is 5.92 Å². The van der Waals surface area contributed by atoms with E-state index in [0.717, 1.165) is 48.6 Å². The summed E-state index contributed by atoms with van der Waals surface area (Å²) in [5.74, 6) is 1.17. The number of hydrogen-bond acceptors (Lipinski definition) is 2. The second kappa shape index (κ2) is 5.74. The van der Waals surface area contributed by atoms with Crippen LogP contribution < -0.4 is 5.32 Å². The molecule has 0 aliphatic carbocycles. The van der Waals surface area contributed by atoms with Gasteiger partial charge in [-0.2, -0.15) is 18.3 Å². The van der Waals surface area contributed by atoms with Crippen LogP contribution in [0.5, 0.6) is 0 Å². The zero-order valence-corrected chi connectivity index (χ0v) is 13.6. The second-order valence-electron chi connectivity index (χ2n) is 6.12. The van der Waals surface area contributed by atoms with E-state index in [1.54, 1.807) is 0 Å². The number of alkyl halides is 3. The number of rotatable bonds is 3. The van der Waals surface area contributed by atoms with Crippen molar-refractivity contribution in [2.45, 2.75) is 32.9 Å². The maximum Gasteiger partial charge on any atom is 0.416 e. The third kappa shape index (κ3) is 3.04. The molecular formula is C16H17ClF3N3. The van der Waals surface area contributed by atoms with Crippen molar-refractivity contribution in [2.24, 2.45) is 5.92 Å². The molecule has 1 N–H and O–H groups in total. The molecule has 0 bridgehead atoms. The highest BCUT2D eigenvalue weighted by Gasteiger charge is 2.32. The summed E-state index contributed by atoms with van der Waals surface area (Å²) in [5.41, 5.74) is 1.52. The summed E-state index contributed by atoms with van der Waals surface area (Å²) in [6, 6.07) is 3.30. The lowest BCUT2D eigenvalue weighted by Gasteiger charge is -2.12. The van der Waals surface area contributed by atoms with Crippen LogP contribution in [0.4, 0.5) is 19.0 Å². The number of fused-ring (bicyclic) bond motifs is 1. The first-order valence-electron chi connectivity index (χ1n) is 7.49. The van der Waals surface area contributed by atoms with Crippen LogP contribution >= 0.6 is 11.6 Å². The van der Waals surface area contributed by atoms with E-state index in [9.17, 15) is 13.2 Å². The maximum atomic E-state index is 13.0. The highest BCUT2D eigenvalue weighted by atomic mass is 35.5. The Morgan fingerprint density at radius 1 is 1.35 bits per heavy atom. The van der Waals surface area contributed by atoms with Gasteiger partial charge in [-0.15, -0.1) is 0 Å². The van der Waals surface area contributed by atoms with Gasteiger partial charge < -0.3 is 5.32 Å². The summed E-state index contributed by atoms with van der Waals surface area (Å²) in [5, 5.41) is 7.98. The molecule has 124 valence electrons. The maximum absolute atomic E-state index is 13.0. The Bertz CT molecular complexity index is 735. The zero-order valence-electron chi connectivity index (χ0n) is 12.8. The third-order valence-corrected chi connectivity index (χ3v) is 4.16. The quantitative estimate of drug-likeness (QED) is 0.874. The fourth-order valence-corrected chi connectivity index (χ4v) is 3.02. The lowest BCUT2D eigenvalue weighted by molar-refractivity contribution is -0.137. The fraction of sp³-hybridized carbons (Fsp3) is 0.438. The van der Waals surface area contributed by atoms with Crippen molar-refractivity contribution in [3.8, 4) is 5.69 Å². The molecular weight excluding hydrogens is 327 g/mol. The molecule has 2 heterocycles. The Balaban J connectivity index is 2.12. The Labute approximate surface area is 137 Å². The number of anilines is 1. The summed E-state index contributed by atoms with van der Waals surface area (Å²) in [7, 11) is 0. The van der Waals surface area contributed by atoms with E-state index in [1.165, 1.54) is 10.7 Å². The van der Waals surface area contributed by atoms with E-state index in [1.807, 2.05) is 0 Å². The molecule has 3 rings (SSSR count). The minimum atomic E-state index is -4.41. The summed E-state index contributed by atoms with van der Waals surface area (Å²) < 4.78 is 40.4. The van der Waals surface area contributed by atoms with Crippen LogP contribution in [-0.2, 0) is 19.0 Å². The molecule has 3 nitrogen and oxygen atoms in total. The van der Waals surface area contributed by atoms with Gasteiger partial charge in [0.05, 0.1) is 22.0 Å². The number of aromatic nitrogens is 2. The molecule has 2 aromatic rings. The Morgan fingerprint density at radius 3 is 2.74 bits per heavy atom. The number of hydrogen-bond donors (Lipinski definition) is 1. The van der Waals surface area contributed by atoms with Crippen molar-refractivity contribution in [3.05, 3.63) is 40.0 Å². The number of halogens is 4. The molecule has 0 amide bonds. The van der Waals surface area contributed by atoms with Gasteiger partial charge in [-0.1, -0.05) is 25.4 Å². The summed E-state index contributed by atoms with van der Waals surface area (Å²) in [6.45, 7) is 4.94. The van der Waals surface area contributed by atoms with Crippen LogP contribution in [0.25, 0.3) is 5.69 Å². The molecule has 0 saturated heterocycles. The lowest BCUT2D eigenvalue weighted by atomic mass is 10.0. The van der Waals surface area contributed by atoms with Gasteiger partial charge in [-0.05, 0) is 37.0 Å². The predicted molar refractivity (Wildman–Crippen MR) is 84.3 cm³/mol. The molecule has 0 spiro atoms. The first kappa shape index (κ1) is 16.2. The van der Waals surface area contributed by atoms with Gasteiger partial charge in [0, 0.05) is 12.1 Å². The van der Waals surface area contributed by atoms with Crippen LogP contribution in [0.15, 0.2) is 18.2 Å². The summed E-state index contributed by atoms with van der Waals surface area (Å²) in [4.78, 5) is 0. The average Bonchev–Trinajstić information content (AvgIpc) is 3.02. The van der Waals surface area contributed by atoms with Crippen LogP contribution in [0.3, 0.4) is 0 Å². The largest absolute Gasteiger partial charge is 0.416 e. The van der Waals surface area contributed by atoms with E-state index >= 15 is 0 Å². The predicted octanol–water partition coefficient (Wildman–Crippen LogP) is 4.71. The summed E-state index contributed by atoms with van der Waals surface area (Å²) in [6.07, 6.45) is -2.80. The van der Waals surface area contributed by atoms with Crippen molar-refractivity contribution < 1.29 is 13.2 Å². The zero-order chi connectivity index (χ0) is 16.8. The Morgan fingerprint density at radius 2 is 2.09 bits per heavy atom. The van der Waals surface area contributed by atoms with Crippen LogP contribution in [-0.4, -0.2) is 16.3 Å². The van der Waals surface area contributed by atoms with Gasteiger partial charge in [0.1, 0.15) is 5.82 Å². The average molecular weight is 344 g/mol. The van der Waals surface area contributed by atoms with E-state index in [-0.39, 0.29) is 10.7 Å². The topological polar surface area (TPSA) is 29.9 Å². The third-order valence-electron chi connectivity index (χ3n) is 3.84. The number of nitrogens with zero attached hydrogens (tertiary/aromatic N) is 2. The Hall–Kier alpha value is -1.69. The molecule has 1 aromatic carbocycles. The van der Waals surface area contributed by atoms with Gasteiger partial charge in [0.2, 0.25) is 0 Å². The van der Waals surface area contributed by atoms with Crippen molar-refractivity contribution in [1.29, 1.82) is 0 Å². The molecule has 0 atom stereocenters. The molecule has 7 heteroatoms. The molecule has 1 aromatic heterocycles. The summed E-state index contributed by atoms with van der Waals surface area (Å²) >= 11 is 6.14. The van der Waals surface area contributed by atoms with Crippen molar-refractivity contribution in [3.63, 3.8) is 0 Å². The smallest absolute Gasteiger partial charge is 0.369 e. The van der Waals surface area contributed by atoms with Gasteiger partial charge in [-0.25, -0.2) is 4.68 Å². The highest BCUT2D eigenvalue weighted by Crippen LogP contribution is 2.36. The number of benzene rings is 1. The van der Waals surface area contributed by atoms with Gasteiger partial charge >= 0.3 is 6.18 Å². The van der Waals surface area contributed by atoms with E-state index in [2.05, 4.69) is 24.3 Å². The SMILES string of the molecule is CC(C)Cc1nn(-c2cc(C(F)(F)F)ccc2Cl)c2c1CCN2. The van der Waals surface area contributed by atoms with Crippen molar-refractivity contribution >= 4 is 17.4 Å². The van der Waals surface area contributed by atoms with Crippen LogP contribution in [0.1, 0.15) is 30.7 Å². The standard InChI is InChI=1S/C16H17ClF3N3/c1-9(2)7-13-11-5-6-21-15(11)23(22-13)14-8-10(16(18,19)20)3-4-12(14)17/h3-4,8-9,21H,5-7H2,1-2H3. The normalized spacial score (nSPS) is 14.2. The first-order chi connectivity index (χ1) is 10.8.